The van der Waals surface area contributed by atoms with Crippen LogP contribution >= 0.6 is 0 Å². The second-order valence-electron chi connectivity index (χ2n) is 4.38. The third-order valence-electron chi connectivity index (χ3n) is 3.00. The molecule has 0 saturated heterocycles. The zero-order valence-electron chi connectivity index (χ0n) is 10.1. The van der Waals surface area contributed by atoms with E-state index in [2.05, 4.69) is 4.74 Å². The molecule has 1 aromatic rings. The van der Waals surface area contributed by atoms with Crippen LogP contribution in [-0.2, 0) is 9.47 Å². The van der Waals surface area contributed by atoms with Crippen LogP contribution in [-0.4, -0.2) is 18.2 Å². The second kappa shape index (κ2) is 6.19. The molecule has 1 fully saturated rings. The molecule has 0 atom stereocenters. The van der Waals surface area contributed by atoms with Crippen LogP contribution in [0.3, 0.4) is 0 Å². The smallest absolute Gasteiger partial charge is 0.431 e. The maximum absolute atomic E-state index is 11.6. The van der Waals surface area contributed by atoms with E-state index in [1.54, 1.807) is 30.3 Å². The van der Waals surface area contributed by atoms with E-state index in [1.807, 2.05) is 0 Å². The van der Waals surface area contributed by atoms with Gasteiger partial charge in [0.2, 0.25) is 0 Å². The second-order valence-corrected chi connectivity index (χ2v) is 4.38. The first kappa shape index (κ1) is 12.6. The fourth-order valence-corrected chi connectivity index (χ4v) is 2.05. The monoisotopic (exact) mass is 248 g/mol. The summed E-state index contributed by atoms with van der Waals surface area (Å²) in [6.45, 7) is 0. The summed E-state index contributed by atoms with van der Waals surface area (Å²) >= 11 is 0. The molecule has 2 rings (SSSR count). The van der Waals surface area contributed by atoms with Crippen molar-refractivity contribution < 1.29 is 19.1 Å². The lowest BCUT2D eigenvalue weighted by Crippen LogP contribution is -2.23. The Morgan fingerprint density at radius 1 is 1.00 bits per heavy atom. The normalized spacial score (nSPS) is 16.0. The van der Waals surface area contributed by atoms with Gasteiger partial charge >= 0.3 is 12.1 Å². The fourth-order valence-electron chi connectivity index (χ4n) is 2.05. The highest BCUT2D eigenvalue weighted by atomic mass is 16.7. The summed E-state index contributed by atoms with van der Waals surface area (Å²) in [6, 6.07) is 8.40. The van der Waals surface area contributed by atoms with Crippen LogP contribution in [0.1, 0.15) is 42.5 Å². The largest absolute Gasteiger partial charge is 0.516 e. The van der Waals surface area contributed by atoms with Gasteiger partial charge in [-0.3, -0.25) is 0 Å². The van der Waals surface area contributed by atoms with Crippen LogP contribution in [0, 0.1) is 0 Å². The molecule has 0 amide bonds. The van der Waals surface area contributed by atoms with Gasteiger partial charge in [0.25, 0.3) is 0 Å². The van der Waals surface area contributed by atoms with Crippen LogP contribution in [0.15, 0.2) is 30.3 Å². The van der Waals surface area contributed by atoms with E-state index in [0.717, 1.165) is 25.7 Å². The number of esters is 1. The number of rotatable bonds is 2. The number of carbonyl (C=O) groups is 2. The molecular formula is C14H16O4. The summed E-state index contributed by atoms with van der Waals surface area (Å²) < 4.78 is 9.74. The van der Waals surface area contributed by atoms with Gasteiger partial charge in [-0.1, -0.05) is 24.6 Å². The standard InChI is InChI=1S/C14H16O4/c15-13(11-7-3-1-4-8-11)18-14(16)17-12-9-5-2-6-10-12/h1,3-4,7-8,12H,2,5-6,9-10H2. The van der Waals surface area contributed by atoms with Crippen molar-refractivity contribution in [2.45, 2.75) is 38.2 Å². The Kier molecular flexibility index (Phi) is 4.34. The highest BCUT2D eigenvalue weighted by Gasteiger charge is 2.21. The van der Waals surface area contributed by atoms with Crippen molar-refractivity contribution in [3.63, 3.8) is 0 Å². The first-order valence-corrected chi connectivity index (χ1v) is 6.23. The maximum atomic E-state index is 11.6. The predicted octanol–water partition coefficient (Wildman–Crippen LogP) is 3.31. The van der Waals surface area contributed by atoms with Gasteiger partial charge in [-0.15, -0.1) is 0 Å². The maximum Gasteiger partial charge on any atom is 0.516 e. The van der Waals surface area contributed by atoms with Crippen molar-refractivity contribution in [1.82, 2.24) is 0 Å². The lowest BCUT2D eigenvalue weighted by molar-refractivity contribution is 0.0130. The molecule has 4 nitrogen and oxygen atoms in total. The van der Waals surface area contributed by atoms with Gasteiger partial charge in [-0.2, -0.15) is 0 Å². The molecule has 0 radical (unpaired) electrons. The fraction of sp³-hybridized carbons (Fsp3) is 0.429. The number of ether oxygens (including phenoxy) is 2. The SMILES string of the molecule is O=C(OC(=O)c1ccccc1)OC1CCCCC1. The Bertz CT molecular complexity index is 407. The lowest BCUT2D eigenvalue weighted by atomic mass is 9.98. The third kappa shape index (κ3) is 3.58. The van der Waals surface area contributed by atoms with Gasteiger partial charge in [0.05, 0.1) is 5.56 Å². The average molecular weight is 248 g/mol. The van der Waals surface area contributed by atoms with Gasteiger partial charge in [-0.05, 0) is 37.8 Å². The van der Waals surface area contributed by atoms with Crippen molar-refractivity contribution in [3.05, 3.63) is 35.9 Å². The molecule has 0 aliphatic heterocycles. The van der Waals surface area contributed by atoms with E-state index in [-0.39, 0.29) is 6.10 Å². The van der Waals surface area contributed by atoms with Crippen LogP contribution in [0.25, 0.3) is 0 Å². The van der Waals surface area contributed by atoms with E-state index >= 15 is 0 Å². The van der Waals surface area contributed by atoms with Gasteiger partial charge in [0.1, 0.15) is 6.10 Å². The number of carbonyl (C=O) groups excluding carboxylic acids is 2. The van der Waals surface area contributed by atoms with Gasteiger partial charge in [0, 0.05) is 0 Å². The Hall–Kier alpha value is -1.84. The number of hydrogen-bond acceptors (Lipinski definition) is 4. The quantitative estimate of drug-likeness (QED) is 0.595. The average Bonchev–Trinajstić information content (AvgIpc) is 2.40. The van der Waals surface area contributed by atoms with Gasteiger partial charge in [0.15, 0.2) is 0 Å². The minimum atomic E-state index is -0.893. The zero-order chi connectivity index (χ0) is 12.8. The van der Waals surface area contributed by atoms with Crippen LogP contribution < -0.4 is 0 Å². The summed E-state index contributed by atoms with van der Waals surface area (Å²) in [7, 11) is 0. The van der Waals surface area contributed by atoms with Crippen LogP contribution in [0.4, 0.5) is 4.79 Å². The summed E-state index contributed by atoms with van der Waals surface area (Å²) in [5, 5.41) is 0. The molecule has 96 valence electrons. The Morgan fingerprint density at radius 3 is 2.33 bits per heavy atom. The molecular weight excluding hydrogens is 232 g/mol. The lowest BCUT2D eigenvalue weighted by Gasteiger charge is -2.20. The third-order valence-corrected chi connectivity index (χ3v) is 3.00. The predicted molar refractivity (Wildman–Crippen MR) is 65.2 cm³/mol. The van der Waals surface area contributed by atoms with Crippen molar-refractivity contribution in [3.8, 4) is 0 Å². The van der Waals surface area contributed by atoms with E-state index in [0.29, 0.717) is 5.56 Å². The van der Waals surface area contributed by atoms with Crippen molar-refractivity contribution in [2.75, 3.05) is 0 Å². The van der Waals surface area contributed by atoms with Gasteiger partial charge in [-0.25, -0.2) is 9.59 Å². The number of benzene rings is 1. The Morgan fingerprint density at radius 2 is 1.67 bits per heavy atom. The van der Waals surface area contributed by atoms with E-state index in [4.69, 9.17) is 4.74 Å². The highest BCUT2D eigenvalue weighted by molar-refractivity contribution is 5.95. The van der Waals surface area contributed by atoms with E-state index < -0.39 is 12.1 Å². The minimum absolute atomic E-state index is 0.102. The minimum Gasteiger partial charge on any atom is -0.431 e. The van der Waals surface area contributed by atoms with Crippen molar-refractivity contribution in [2.24, 2.45) is 0 Å². The molecule has 4 heteroatoms. The Labute approximate surface area is 106 Å². The highest BCUT2D eigenvalue weighted by Crippen LogP contribution is 2.20. The van der Waals surface area contributed by atoms with E-state index in [1.165, 1.54) is 6.42 Å². The molecule has 1 aromatic carbocycles. The molecule has 0 bridgehead atoms. The van der Waals surface area contributed by atoms with Crippen LogP contribution in [0.2, 0.25) is 0 Å². The van der Waals surface area contributed by atoms with E-state index in [9.17, 15) is 9.59 Å². The Balaban J connectivity index is 1.82. The molecule has 0 N–H and O–H groups in total. The summed E-state index contributed by atoms with van der Waals surface area (Å²) in [4.78, 5) is 23.0. The molecule has 0 unspecified atom stereocenters. The van der Waals surface area contributed by atoms with Crippen molar-refractivity contribution in [1.29, 1.82) is 0 Å². The summed E-state index contributed by atoms with van der Waals surface area (Å²) in [6.07, 6.45) is 4.02. The molecule has 1 saturated carbocycles. The molecule has 18 heavy (non-hydrogen) atoms. The summed E-state index contributed by atoms with van der Waals surface area (Å²) in [5.41, 5.74) is 0.345. The zero-order valence-corrected chi connectivity index (χ0v) is 10.1. The van der Waals surface area contributed by atoms with Crippen LogP contribution in [0.5, 0.6) is 0 Å². The molecule has 1 aliphatic carbocycles. The molecule has 0 heterocycles. The topological polar surface area (TPSA) is 52.6 Å². The molecule has 1 aliphatic rings. The molecule has 0 aromatic heterocycles. The first-order valence-electron chi connectivity index (χ1n) is 6.23. The van der Waals surface area contributed by atoms with Crippen molar-refractivity contribution >= 4 is 12.1 Å². The molecule has 0 spiro atoms. The number of hydrogen-bond donors (Lipinski definition) is 0. The van der Waals surface area contributed by atoms with Gasteiger partial charge < -0.3 is 9.47 Å². The first-order chi connectivity index (χ1) is 8.75. The summed E-state index contributed by atoms with van der Waals surface area (Å²) in [5.74, 6) is -0.670.